The first-order valence-corrected chi connectivity index (χ1v) is 4.62. The third-order valence-electron chi connectivity index (χ3n) is 2.61. The molecule has 4 heteroatoms. The lowest BCUT2D eigenvalue weighted by Gasteiger charge is -2.08. The van der Waals surface area contributed by atoms with Crippen molar-refractivity contribution in [3.63, 3.8) is 0 Å². The molecule has 0 aliphatic heterocycles. The highest BCUT2D eigenvalue weighted by molar-refractivity contribution is 5.70. The summed E-state index contributed by atoms with van der Waals surface area (Å²) in [5.41, 5.74) is 8.64. The molecule has 14 heavy (non-hydrogen) atoms. The van der Waals surface area contributed by atoms with E-state index in [-0.39, 0.29) is 6.54 Å². The third kappa shape index (κ3) is 2.14. The average molecular weight is 196 g/mol. The minimum atomic E-state index is -0.828. The molecule has 0 radical (unpaired) electrons. The van der Waals surface area contributed by atoms with Gasteiger partial charge in [0.25, 0.3) is 0 Å². The minimum Gasteiger partial charge on any atom is -0.481 e. The molecule has 4 nitrogen and oxygen atoms in total. The van der Waals surface area contributed by atoms with Gasteiger partial charge in [0.05, 0.1) is 5.92 Å². The molecule has 1 aromatic rings. The number of aryl methyl sites for hydroxylation is 1. The van der Waals surface area contributed by atoms with E-state index in [1.807, 2.05) is 20.0 Å². The first kappa shape index (κ1) is 10.8. The van der Waals surface area contributed by atoms with E-state index in [2.05, 4.69) is 4.98 Å². The number of carboxylic acids is 1. The molecule has 0 spiro atoms. The lowest BCUT2D eigenvalue weighted by atomic mass is 9.99. The lowest BCUT2D eigenvalue weighted by molar-refractivity contribution is -0.141. The van der Waals surface area contributed by atoms with E-state index in [0.717, 1.165) is 16.8 Å². The van der Waals surface area contributed by atoms with Crippen LogP contribution in [0, 0.1) is 19.8 Å². The number of aromatic amines is 1. The number of H-pyrrole nitrogens is 1. The molecule has 1 aromatic heterocycles. The van der Waals surface area contributed by atoms with Gasteiger partial charge in [0.15, 0.2) is 0 Å². The van der Waals surface area contributed by atoms with Gasteiger partial charge in [-0.15, -0.1) is 0 Å². The summed E-state index contributed by atoms with van der Waals surface area (Å²) in [7, 11) is 0. The lowest BCUT2D eigenvalue weighted by Crippen LogP contribution is -2.25. The van der Waals surface area contributed by atoms with Crippen molar-refractivity contribution in [3.05, 3.63) is 23.0 Å². The smallest absolute Gasteiger partial charge is 0.308 e. The number of aliphatic carboxylic acids is 1. The Morgan fingerprint density at radius 3 is 2.64 bits per heavy atom. The van der Waals surface area contributed by atoms with Crippen molar-refractivity contribution >= 4 is 5.97 Å². The van der Waals surface area contributed by atoms with Gasteiger partial charge in [-0.1, -0.05) is 0 Å². The number of nitrogens with two attached hydrogens (primary N) is 1. The minimum absolute atomic E-state index is 0.180. The summed E-state index contributed by atoms with van der Waals surface area (Å²) in [6.07, 6.45) is 2.36. The first-order chi connectivity index (χ1) is 6.56. The molecule has 0 saturated carbocycles. The highest BCUT2D eigenvalue weighted by atomic mass is 16.4. The van der Waals surface area contributed by atoms with Crippen LogP contribution in [0.5, 0.6) is 0 Å². The predicted octanol–water partition coefficient (Wildman–Crippen LogP) is 0.834. The molecule has 0 aliphatic rings. The van der Waals surface area contributed by atoms with Crippen LogP contribution in [0.15, 0.2) is 6.20 Å². The number of nitrogens with one attached hydrogen (secondary N) is 1. The van der Waals surface area contributed by atoms with Crippen molar-refractivity contribution in [1.29, 1.82) is 0 Å². The fourth-order valence-corrected chi connectivity index (χ4v) is 1.40. The SMILES string of the molecule is Cc1[nH]cc(CC(CN)C(=O)O)c1C. The molecule has 1 heterocycles. The zero-order valence-corrected chi connectivity index (χ0v) is 8.50. The van der Waals surface area contributed by atoms with Crippen LogP contribution in [0.3, 0.4) is 0 Å². The summed E-state index contributed by atoms with van der Waals surface area (Å²) in [4.78, 5) is 13.8. The molecule has 0 fully saturated rings. The Morgan fingerprint density at radius 1 is 1.64 bits per heavy atom. The quantitative estimate of drug-likeness (QED) is 0.667. The number of aromatic nitrogens is 1. The maximum Gasteiger partial charge on any atom is 0.308 e. The highest BCUT2D eigenvalue weighted by Gasteiger charge is 2.17. The first-order valence-electron chi connectivity index (χ1n) is 4.62. The zero-order valence-electron chi connectivity index (χ0n) is 8.50. The van der Waals surface area contributed by atoms with Crippen LogP contribution in [0.25, 0.3) is 0 Å². The van der Waals surface area contributed by atoms with E-state index in [1.54, 1.807) is 0 Å². The molecule has 4 N–H and O–H groups in total. The molecule has 0 aliphatic carbocycles. The Labute approximate surface area is 83.1 Å². The summed E-state index contributed by atoms with van der Waals surface area (Å²) >= 11 is 0. The molecule has 0 bridgehead atoms. The second kappa shape index (κ2) is 4.28. The molecule has 0 aromatic carbocycles. The molecular formula is C10H16N2O2. The van der Waals surface area contributed by atoms with Gasteiger partial charge in [-0.05, 0) is 31.4 Å². The standard InChI is InChI=1S/C10H16N2O2/c1-6-7(2)12-5-9(6)3-8(4-11)10(13)14/h5,8,12H,3-4,11H2,1-2H3,(H,13,14). The van der Waals surface area contributed by atoms with E-state index in [9.17, 15) is 4.79 Å². The largest absolute Gasteiger partial charge is 0.481 e. The Kier molecular flexibility index (Phi) is 3.30. The second-order valence-corrected chi connectivity index (χ2v) is 3.54. The van der Waals surface area contributed by atoms with Gasteiger partial charge in [-0.25, -0.2) is 0 Å². The van der Waals surface area contributed by atoms with Gasteiger partial charge in [-0.3, -0.25) is 4.79 Å². The van der Waals surface area contributed by atoms with Crippen LogP contribution in [0.2, 0.25) is 0 Å². The summed E-state index contributed by atoms with van der Waals surface area (Å²) in [5.74, 6) is -1.31. The van der Waals surface area contributed by atoms with E-state index in [4.69, 9.17) is 10.8 Å². The normalized spacial score (nSPS) is 12.8. The van der Waals surface area contributed by atoms with Crippen LogP contribution in [-0.4, -0.2) is 22.6 Å². The molecule has 0 saturated heterocycles. The summed E-state index contributed by atoms with van der Waals surface area (Å²) < 4.78 is 0. The molecule has 1 unspecified atom stereocenters. The fourth-order valence-electron chi connectivity index (χ4n) is 1.40. The Hall–Kier alpha value is -1.29. The van der Waals surface area contributed by atoms with E-state index < -0.39 is 11.9 Å². The van der Waals surface area contributed by atoms with Crippen LogP contribution in [0.1, 0.15) is 16.8 Å². The van der Waals surface area contributed by atoms with Crippen molar-refractivity contribution in [1.82, 2.24) is 4.98 Å². The Morgan fingerprint density at radius 2 is 2.29 bits per heavy atom. The summed E-state index contributed by atoms with van der Waals surface area (Å²) in [6.45, 7) is 4.13. The average Bonchev–Trinajstić information content (AvgIpc) is 2.44. The molecule has 1 rings (SSSR count). The monoisotopic (exact) mass is 196 g/mol. The van der Waals surface area contributed by atoms with Gasteiger partial charge < -0.3 is 15.8 Å². The van der Waals surface area contributed by atoms with Gasteiger partial charge >= 0.3 is 5.97 Å². The zero-order chi connectivity index (χ0) is 10.7. The van der Waals surface area contributed by atoms with Gasteiger partial charge in [0, 0.05) is 18.4 Å². The third-order valence-corrected chi connectivity index (χ3v) is 2.61. The molecule has 0 amide bonds. The van der Waals surface area contributed by atoms with Gasteiger partial charge in [-0.2, -0.15) is 0 Å². The fraction of sp³-hybridized carbons (Fsp3) is 0.500. The number of rotatable bonds is 4. The number of hydrogen-bond donors (Lipinski definition) is 3. The van der Waals surface area contributed by atoms with E-state index >= 15 is 0 Å². The highest BCUT2D eigenvalue weighted by Crippen LogP contribution is 2.15. The Bertz CT molecular complexity index is 331. The van der Waals surface area contributed by atoms with Crippen LogP contribution >= 0.6 is 0 Å². The van der Waals surface area contributed by atoms with E-state index in [1.165, 1.54) is 0 Å². The molecule has 1 atom stereocenters. The molecular weight excluding hydrogens is 180 g/mol. The van der Waals surface area contributed by atoms with Gasteiger partial charge in [0.1, 0.15) is 0 Å². The topological polar surface area (TPSA) is 79.1 Å². The Balaban J connectivity index is 2.77. The van der Waals surface area contributed by atoms with E-state index in [0.29, 0.717) is 6.42 Å². The van der Waals surface area contributed by atoms with Crippen LogP contribution in [-0.2, 0) is 11.2 Å². The second-order valence-electron chi connectivity index (χ2n) is 3.54. The molecule has 78 valence electrons. The van der Waals surface area contributed by atoms with Crippen molar-refractivity contribution in [2.75, 3.05) is 6.54 Å². The maximum absolute atomic E-state index is 10.8. The van der Waals surface area contributed by atoms with Crippen molar-refractivity contribution in [3.8, 4) is 0 Å². The predicted molar refractivity (Wildman–Crippen MR) is 54.2 cm³/mol. The summed E-state index contributed by atoms with van der Waals surface area (Å²) in [5, 5.41) is 8.84. The number of carbonyl (C=O) groups is 1. The van der Waals surface area contributed by atoms with Crippen LogP contribution < -0.4 is 5.73 Å². The van der Waals surface area contributed by atoms with Gasteiger partial charge in [0.2, 0.25) is 0 Å². The van der Waals surface area contributed by atoms with Crippen molar-refractivity contribution < 1.29 is 9.90 Å². The maximum atomic E-state index is 10.8. The summed E-state index contributed by atoms with van der Waals surface area (Å²) in [6, 6.07) is 0. The number of carboxylic acid groups (broad SMARTS) is 1. The van der Waals surface area contributed by atoms with Crippen molar-refractivity contribution in [2.45, 2.75) is 20.3 Å². The van der Waals surface area contributed by atoms with Crippen LogP contribution in [0.4, 0.5) is 0 Å². The number of hydrogen-bond acceptors (Lipinski definition) is 2. The van der Waals surface area contributed by atoms with Crippen molar-refractivity contribution in [2.24, 2.45) is 11.7 Å².